The Bertz CT molecular complexity index is 1060. The number of aryl methyl sites for hydroxylation is 1. The highest BCUT2D eigenvalue weighted by atomic mass is 32.2. The summed E-state index contributed by atoms with van der Waals surface area (Å²) in [5.41, 5.74) is 13.6. The van der Waals surface area contributed by atoms with Crippen molar-refractivity contribution in [2.24, 2.45) is 0 Å². The average molecular weight is 487 g/mol. The van der Waals surface area contributed by atoms with Gasteiger partial charge in [0.15, 0.2) is 5.16 Å². The maximum Gasteiger partial charge on any atom is 0.213 e. The van der Waals surface area contributed by atoms with Gasteiger partial charge in [0, 0.05) is 61.5 Å². The Balaban J connectivity index is 1.39. The standard InChI is InChI=1S/C22H30N8OS2/c1-14-20(15(2)33-22-26-17(23)13-18(24)27-22)28-21(32-14)16-4-5-25-19(12-16)31-11-10-30-8-6-29(3)7-9-30/h4-5,12-13,15H,6-11H2,1-3H3,(H4,23,24,26,27)/t15-/m1/s1. The average Bonchev–Trinajstić information content (AvgIpc) is 3.16. The molecule has 33 heavy (non-hydrogen) atoms. The van der Waals surface area contributed by atoms with Gasteiger partial charge in [-0.25, -0.2) is 19.9 Å². The molecule has 1 fully saturated rings. The first-order valence-corrected chi connectivity index (χ1v) is 12.6. The van der Waals surface area contributed by atoms with Crippen LogP contribution in [-0.4, -0.2) is 76.1 Å². The van der Waals surface area contributed by atoms with Gasteiger partial charge in [-0.1, -0.05) is 11.8 Å². The third-order valence-electron chi connectivity index (χ3n) is 5.48. The maximum absolute atomic E-state index is 5.95. The van der Waals surface area contributed by atoms with Gasteiger partial charge >= 0.3 is 0 Å². The summed E-state index contributed by atoms with van der Waals surface area (Å²) in [5.74, 6) is 1.36. The number of nitrogens with two attached hydrogens (primary N) is 2. The van der Waals surface area contributed by atoms with Gasteiger partial charge in [0.2, 0.25) is 5.88 Å². The lowest BCUT2D eigenvalue weighted by molar-refractivity contribution is 0.132. The number of aromatic nitrogens is 4. The van der Waals surface area contributed by atoms with Crippen molar-refractivity contribution < 1.29 is 4.74 Å². The maximum atomic E-state index is 5.95. The van der Waals surface area contributed by atoms with Crippen molar-refractivity contribution in [1.29, 1.82) is 0 Å². The number of nitrogen functional groups attached to an aromatic ring is 2. The minimum Gasteiger partial charge on any atom is -0.476 e. The lowest BCUT2D eigenvalue weighted by Gasteiger charge is -2.32. The minimum atomic E-state index is 0.0531. The molecule has 4 N–H and O–H groups in total. The van der Waals surface area contributed by atoms with Crippen molar-refractivity contribution in [2.45, 2.75) is 24.3 Å². The molecule has 1 aliphatic rings. The normalized spacial score (nSPS) is 16.1. The highest BCUT2D eigenvalue weighted by Gasteiger charge is 2.19. The van der Waals surface area contributed by atoms with Gasteiger partial charge in [-0.2, -0.15) is 0 Å². The quantitative estimate of drug-likeness (QED) is 0.363. The molecule has 1 saturated heterocycles. The van der Waals surface area contributed by atoms with Crippen LogP contribution in [-0.2, 0) is 0 Å². The molecular weight excluding hydrogens is 456 g/mol. The number of anilines is 2. The fourth-order valence-electron chi connectivity index (χ4n) is 3.61. The van der Waals surface area contributed by atoms with E-state index in [1.54, 1.807) is 23.6 Å². The number of ether oxygens (including phenoxy) is 1. The molecule has 0 aliphatic carbocycles. The number of likely N-dealkylation sites (N-methyl/N-ethyl adjacent to an activating group) is 1. The number of thioether (sulfide) groups is 1. The Morgan fingerprint density at radius 1 is 1.12 bits per heavy atom. The number of hydrogen-bond acceptors (Lipinski definition) is 11. The Morgan fingerprint density at radius 3 is 2.58 bits per heavy atom. The number of thiazole rings is 1. The van der Waals surface area contributed by atoms with E-state index in [0.717, 1.165) is 53.9 Å². The molecule has 0 radical (unpaired) electrons. The van der Waals surface area contributed by atoms with Gasteiger partial charge in [0.05, 0.1) is 10.9 Å². The summed E-state index contributed by atoms with van der Waals surface area (Å²) in [4.78, 5) is 23.7. The van der Waals surface area contributed by atoms with Crippen molar-refractivity contribution in [3.63, 3.8) is 0 Å². The van der Waals surface area contributed by atoms with Crippen molar-refractivity contribution in [2.75, 3.05) is 57.8 Å². The van der Waals surface area contributed by atoms with Crippen molar-refractivity contribution in [3.05, 3.63) is 35.0 Å². The Morgan fingerprint density at radius 2 is 1.85 bits per heavy atom. The number of rotatable bonds is 8. The number of nitrogens with zero attached hydrogens (tertiary/aromatic N) is 6. The van der Waals surface area contributed by atoms with Crippen LogP contribution in [0.25, 0.3) is 10.6 Å². The molecule has 3 aromatic heterocycles. The lowest BCUT2D eigenvalue weighted by atomic mass is 10.2. The molecule has 9 nitrogen and oxygen atoms in total. The van der Waals surface area contributed by atoms with E-state index in [1.165, 1.54) is 11.8 Å². The molecule has 1 aliphatic heterocycles. The fourth-order valence-corrected chi connectivity index (χ4v) is 5.66. The third-order valence-corrected chi connectivity index (χ3v) is 7.49. The van der Waals surface area contributed by atoms with Crippen LogP contribution in [0.1, 0.15) is 22.7 Å². The van der Waals surface area contributed by atoms with E-state index in [-0.39, 0.29) is 5.25 Å². The predicted molar refractivity (Wildman–Crippen MR) is 135 cm³/mol. The second-order valence-corrected chi connectivity index (χ2v) is 10.6. The highest BCUT2D eigenvalue weighted by Crippen LogP contribution is 2.39. The van der Waals surface area contributed by atoms with Crippen LogP contribution in [0.5, 0.6) is 5.88 Å². The second-order valence-electron chi connectivity index (χ2n) is 8.10. The molecule has 4 heterocycles. The fraction of sp³-hybridized carbons (Fsp3) is 0.455. The lowest BCUT2D eigenvalue weighted by Crippen LogP contribution is -2.45. The van der Waals surface area contributed by atoms with Gasteiger partial charge in [0.1, 0.15) is 23.3 Å². The third kappa shape index (κ3) is 6.32. The van der Waals surface area contributed by atoms with E-state index in [4.69, 9.17) is 21.2 Å². The van der Waals surface area contributed by atoms with E-state index in [1.807, 2.05) is 12.1 Å². The molecule has 176 valence electrons. The molecular formula is C22H30N8OS2. The van der Waals surface area contributed by atoms with Crippen LogP contribution in [0, 0.1) is 6.92 Å². The van der Waals surface area contributed by atoms with Crippen molar-refractivity contribution >= 4 is 34.7 Å². The first-order chi connectivity index (χ1) is 15.9. The topological polar surface area (TPSA) is 119 Å². The van der Waals surface area contributed by atoms with E-state index >= 15 is 0 Å². The Hall–Kier alpha value is -2.47. The summed E-state index contributed by atoms with van der Waals surface area (Å²) in [6, 6.07) is 5.48. The Labute approximate surface area is 202 Å². The first kappa shape index (κ1) is 23.7. The van der Waals surface area contributed by atoms with Gasteiger partial charge in [-0.05, 0) is 27.0 Å². The Kier molecular flexibility index (Phi) is 7.63. The van der Waals surface area contributed by atoms with Crippen LogP contribution in [0.3, 0.4) is 0 Å². The van der Waals surface area contributed by atoms with Crippen LogP contribution >= 0.6 is 23.1 Å². The van der Waals surface area contributed by atoms with Crippen molar-refractivity contribution in [3.8, 4) is 16.5 Å². The smallest absolute Gasteiger partial charge is 0.213 e. The summed E-state index contributed by atoms with van der Waals surface area (Å²) < 4.78 is 5.95. The zero-order valence-corrected chi connectivity index (χ0v) is 20.8. The summed E-state index contributed by atoms with van der Waals surface area (Å²) in [6.07, 6.45) is 1.78. The predicted octanol–water partition coefficient (Wildman–Crippen LogP) is 2.95. The van der Waals surface area contributed by atoms with Crippen LogP contribution in [0.15, 0.2) is 29.6 Å². The highest BCUT2D eigenvalue weighted by molar-refractivity contribution is 7.99. The molecule has 4 rings (SSSR count). The van der Waals surface area contributed by atoms with Gasteiger partial charge in [0.25, 0.3) is 0 Å². The van der Waals surface area contributed by atoms with E-state index in [0.29, 0.717) is 29.3 Å². The molecule has 0 amide bonds. The first-order valence-electron chi connectivity index (χ1n) is 10.9. The number of hydrogen-bond donors (Lipinski definition) is 2. The summed E-state index contributed by atoms with van der Waals surface area (Å²) in [6.45, 7) is 10.1. The van der Waals surface area contributed by atoms with Crippen LogP contribution in [0.4, 0.5) is 11.6 Å². The van der Waals surface area contributed by atoms with Crippen LogP contribution < -0.4 is 16.2 Å². The summed E-state index contributed by atoms with van der Waals surface area (Å²) in [7, 11) is 2.16. The van der Waals surface area contributed by atoms with E-state index < -0.39 is 0 Å². The van der Waals surface area contributed by atoms with Crippen molar-refractivity contribution in [1.82, 2.24) is 29.7 Å². The molecule has 1 atom stereocenters. The largest absolute Gasteiger partial charge is 0.476 e. The molecule has 11 heteroatoms. The molecule has 3 aromatic rings. The SMILES string of the molecule is Cc1sc(-c2ccnc(OCCN3CCN(C)CC3)c2)nc1[C@@H](C)Sc1nc(N)cc(N)n1. The zero-order chi connectivity index (χ0) is 23.4. The zero-order valence-electron chi connectivity index (χ0n) is 19.2. The number of pyridine rings is 1. The minimum absolute atomic E-state index is 0.0531. The molecule has 0 spiro atoms. The van der Waals surface area contributed by atoms with Crippen LogP contribution in [0.2, 0.25) is 0 Å². The van der Waals surface area contributed by atoms with Gasteiger partial charge in [-0.3, -0.25) is 4.90 Å². The van der Waals surface area contributed by atoms with Gasteiger partial charge < -0.3 is 21.1 Å². The monoisotopic (exact) mass is 486 g/mol. The molecule has 0 bridgehead atoms. The summed E-state index contributed by atoms with van der Waals surface area (Å²) >= 11 is 3.15. The molecule has 0 saturated carbocycles. The van der Waals surface area contributed by atoms with E-state index in [2.05, 4.69) is 45.6 Å². The second kappa shape index (κ2) is 10.6. The van der Waals surface area contributed by atoms with Gasteiger partial charge in [-0.15, -0.1) is 11.3 Å². The molecule has 0 unspecified atom stereocenters. The summed E-state index contributed by atoms with van der Waals surface area (Å²) in [5, 5.41) is 1.54. The number of piperazine rings is 1. The molecule has 0 aromatic carbocycles. The van der Waals surface area contributed by atoms with E-state index in [9.17, 15) is 0 Å².